The largest absolute Gasteiger partial charge is 0.463 e. The highest BCUT2D eigenvalue weighted by Gasteiger charge is 2.16. The van der Waals surface area contributed by atoms with E-state index in [-0.39, 0.29) is 31.3 Å². The number of esters is 2. The molecule has 0 heterocycles. The molecule has 0 amide bonds. The number of carbonyl (C=O) groups excluding carboxylic acids is 2. The maximum atomic E-state index is 12.6. The summed E-state index contributed by atoms with van der Waals surface area (Å²) in [6.45, 7) is 7.79. The fourth-order valence-corrected chi connectivity index (χ4v) is 7.78. The summed E-state index contributed by atoms with van der Waals surface area (Å²) in [7, 11) is 0. The van der Waals surface area contributed by atoms with E-state index in [2.05, 4.69) is 20.8 Å². The van der Waals surface area contributed by atoms with Crippen LogP contribution in [0.3, 0.4) is 0 Å². The molecule has 0 atom stereocenters. The first-order chi connectivity index (χ1) is 27.6. The molecule has 0 aliphatic carbocycles. The third kappa shape index (κ3) is 45.6. The van der Waals surface area contributed by atoms with Crippen molar-refractivity contribution in [1.29, 1.82) is 0 Å². The van der Waals surface area contributed by atoms with Crippen molar-refractivity contribution in [1.82, 2.24) is 0 Å². The Bertz CT molecular complexity index is 725. The maximum absolute atomic E-state index is 12.6. The molecule has 0 radical (unpaired) electrons. The van der Waals surface area contributed by atoms with Gasteiger partial charge in [-0.05, 0) is 19.3 Å². The Balaban J connectivity index is 4.17. The summed E-state index contributed by atoms with van der Waals surface area (Å²) < 4.78 is 17.4. The van der Waals surface area contributed by atoms with E-state index in [1.165, 1.54) is 218 Å². The Morgan fingerprint density at radius 2 is 0.518 bits per heavy atom. The highest BCUT2D eigenvalue weighted by atomic mass is 16.6. The molecular weight excluding hydrogens is 693 g/mol. The summed E-state index contributed by atoms with van der Waals surface area (Å²) in [6, 6.07) is 0. The summed E-state index contributed by atoms with van der Waals surface area (Å²) in [5.41, 5.74) is 0. The minimum Gasteiger partial charge on any atom is -0.463 e. The molecule has 0 unspecified atom stereocenters. The van der Waals surface area contributed by atoms with E-state index >= 15 is 0 Å². The smallest absolute Gasteiger partial charge is 0.305 e. The molecule has 5 nitrogen and oxygen atoms in total. The number of rotatable bonds is 48. The maximum Gasteiger partial charge on any atom is 0.305 e. The summed E-state index contributed by atoms with van der Waals surface area (Å²) in [4.78, 5) is 25.1. The molecule has 0 N–H and O–H groups in total. The SMILES string of the molecule is CCCCCCCCCCCCCCCCCCOC(COC(=O)CCCCCCCCCCCCCC)COC(=O)CCCCCCCCCCCCCC. The fraction of sp³-hybridized carbons (Fsp3) is 0.961. The minimum absolute atomic E-state index is 0.157. The van der Waals surface area contributed by atoms with Gasteiger partial charge in [0.1, 0.15) is 19.3 Å². The monoisotopic (exact) mass is 793 g/mol. The zero-order chi connectivity index (χ0) is 40.7. The zero-order valence-electron chi connectivity index (χ0n) is 38.4. The molecule has 0 aromatic carbocycles. The van der Waals surface area contributed by atoms with Gasteiger partial charge in [0.25, 0.3) is 0 Å². The molecule has 0 rings (SSSR count). The second kappa shape index (κ2) is 48.3. The van der Waals surface area contributed by atoms with Gasteiger partial charge in [-0.3, -0.25) is 9.59 Å². The first kappa shape index (κ1) is 54.9. The topological polar surface area (TPSA) is 61.8 Å². The van der Waals surface area contributed by atoms with Crippen molar-refractivity contribution >= 4 is 11.9 Å². The van der Waals surface area contributed by atoms with E-state index in [0.29, 0.717) is 19.4 Å². The lowest BCUT2D eigenvalue weighted by atomic mass is 10.0. The highest BCUT2D eigenvalue weighted by Crippen LogP contribution is 2.16. The van der Waals surface area contributed by atoms with E-state index in [1.54, 1.807) is 0 Å². The Hall–Kier alpha value is -1.10. The van der Waals surface area contributed by atoms with Gasteiger partial charge in [0.2, 0.25) is 0 Å². The summed E-state index contributed by atoms with van der Waals surface area (Å²) in [5.74, 6) is -0.313. The molecule has 334 valence electrons. The molecule has 0 saturated heterocycles. The number of hydrogen-bond donors (Lipinski definition) is 0. The van der Waals surface area contributed by atoms with E-state index in [9.17, 15) is 9.59 Å². The first-order valence-corrected chi connectivity index (χ1v) is 25.6. The Morgan fingerprint density at radius 1 is 0.304 bits per heavy atom. The number of hydrogen-bond acceptors (Lipinski definition) is 5. The third-order valence-corrected chi connectivity index (χ3v) is 11.7. The van der Waals surface area contributed by atoms with Crippen LogP contribution in [0.4, 0.5) is 0 Å². The van der Waals surface area contributed by atoms with Crippen molar-refractivity contribution in [2.24, 2.45) is 0 Å². The standard InChI is InChI=1S/C51H100O5/c1-4-7-10-13-16-19-22-25-26-27-28-31-34-37-40-43-46-54-49(47-55-50(52)44-41-38-35-32-29-23-20-17-14-11-8-5-2)48-56-51(53)45-42-39-36-33-30-24-21-18-15-12-9-6-3/h49H,4-48H2,1-3H3. The predicted molar refractivity (Wildman–Crippen MR) is 243 cm³/mol. The molecule has 5 heteroatoms. The van der Waals surface area contributed by atoms with Gasteiger partial charge < -0.3 is 14.2 Å². The van der Waals surface area contributed by atoms with Crippen LogP contribution in [0.1, 0.15) is 290 Å². The zero-order valence-corrected chi connectivity index (χ0v) is 38.4. The van der Waals surface area contributed by atoms with Crippen LogP contribution in [0, 0.1) is 0 Å². The van der Waals surface area contributed by atoms with Crippen molar-refractivity contribution in [3.63, 3.8) is 0 Å². The van der Waals surface area contributed by atoms with Crippen molar-refractivity contribution in [2.75, 3.05) is 19.8 Å². The summed E-state index contributed by atoms with van der Waals surface area (Å²) >= 11 is 0. The number of carbonyl (C=O) groups is 2. The molecule has 0 spiro atoms. The van der Waals surface area contributed by atoms with Crippen LogP contribution in [0.15, 0.2) is 0 Å². The number of ether oxygens (including phenoxy) is 3. The highest BCUT2D eigenvalue weighted by molar-refractivity contribution is 5.69. The molecule has 0 aliphatic heterocycles. The molecular formula is C51H100O5. The molecule has 0 saturated carbocycles. The average Bonchev–Trinajstić information content (AvgIpc) is 3.20. The first-order valence-electron chi connectivity index (χ1n) is 25.6. The Labute approximate surface area is 351 Å². The minimum atomic E-state index is -0.386. The molecule has 56 heavy (non-hydrogen) atoms. The average molecular weight is 793 g/mol. The Kier molecular flexibility index (Phi) is 47.3. The number of unbranched alkanes of at least 4 members (excludes halogenated alkanes) is 37. The van der Waals surface area contributed by atoms with E-state index in [0.717, 1.165) is 38.5 Å². The van der Waals surface area contributed by atoms with E-state index < -0.39 is 0 Å². The van der Waals surface area contributed by atoms with Gasteiger partial charge in [-0.2, -0.15) is 0 Å². The van der Waals surface area contributed by atoms with Gasteiger partial charge in [0, 0.05) is 19.4 Å². The van der Waals surface area contributed by atoms with E-state index in [4.69, 9.17) is 14.2 Å². The van der Waals surface area contributed by atoms with Crippen LogP contribution in [0.25, 0.3) is 0 Å². The molecule has 0 fully saturated rings. The summed E-state index contributed by atoms with van der Waals surface area (Å²) in [6.07, 6.45) is 52.7. The fourth-order valence-electron chi connectivity index (χ4n) is 7.78. The molecule has 0 aromatic heterocycles. The Morgan fingerprint density at radius 3 is 0.768 bits per heavy atom. The second-order valence-corrected chi connectivity index (χ2v) is 17.4. The molecule has 0 bridgehead atoms. The molecule has 0 aliphatic rings. The van der Waals surface area contributed by atoms with Gasteiger partial charge in [0.05, 0.1) is 0 Å². The quantitative estimate of drug-likeness (QED) is 0.0454. The van der Waals surface area contributed by atoms with Crippen LogP contribution in [-0.4, -0.2) is 37.9 Å². The second-order valence-electron chi connectivity index (χ2n) is 17.4. The van der Waals surface area contributed by atoms with Gasteiger partial charge in [-0.1, -0.05) is 258 Å². The van der Waals surface area contributed by atoms with E-state index in [1.807, 2.05) is 0 Å². The lowest BCUT2D eigenvalue weighted by Crippen LogP contribution is -2.29. The predicted octanol–water partition coefficient (Wildman–Crippen LogP) is 16.9. The van der Waals surface area contributed by atoms with Gasteiger partial charge in [0.15, 0.2) is 0 Å². The van der Waals surface area contributed by atoms with Crippen LogP contribution in [0.5, 0.6) is 0 Å². The van der Waals surface area contributed by atoms with Crippen molar-refractivity contribution < 1.29 is 23.8 Å². The van der Waals surface area contributed by atoms with Crippen molar-refractivity contribution in [2.45, 2.75) is 297 Å². The van der Waals surface area contributed by atoms with Gasteiger partial charge >= 0.3 is 11.9 Å². The normalized spacial score (nSPS) is 11.5. The van der Waals surface area contributed by atoms with Crippen LogP contribution < -0.4 is 0 Å². The van der Waals surface area contributed by atoms with Crippen LogP contribution >= 0.6 is 0 Å². The molecule has 0 aromatic rings. The van der Waals surface area contributed by atoms with Crippen LogP contribution in [-0.2, 0) is 23.8 Å². The van der Waals surface area contributed by atoms with Crippen LogP contribution in [0.2, 0.25) is 0 Å². The lowest BCUT2D eigenvalue weighted by molar-refractivity contribution is -0.155. The lowest BCUT2D eigenvalue weighted by Gasteiger charge is -2.18. The van der Waals surface area contributed by atoms with Crippen molar-refractivity contribution in [3.05, 3.63) is 0 Å². The summed E-state index contributed by atoms with van der Waals surface area (Å²) in [5, 5.41) is 0. The van der Waals surface area contributed by atoms with Crippen molar-refractivity contribution in [3.8, 4) is 0 Å². The van der Waals surface area contributed by atoms with Gasteiger partial charge in [-0.15, -0.1) is 0 Å². The van der Waals surface area contributed by atoms with Gasteiger partial charge in [-0.25, -0.2) is 0 Å². The third-order valence-electron chi connectivity index (χ3n) is 11.7.